The lowest BCUT2D eigenvalue weighted by Crippen LogP contribution is -2.32. The molecule has 3 nitrogen and oxygen atoms in total. The standard InChI is InChI=1S/C11H14N2O/c1-8-3-4-9-6-12-7-11(14)13(2)10(9)5-8/h3-5,12H,6-7H2,1-2H3. The fourth-order valence-electron chi connectivity index (χ4n) is 1.69. The molecular formula is C11H14N2O. The van der Waals surface area contributed by atoms with Gasteiger partial charge in [0.15, 0.2) is 0 Å². The van der Waals surface area contributed by atoms with Crippen LogP contribution in [-0.4, -0.2) is 19.5 Å². The summed E-state index contributed by atoms with van der Waals surface area (Å²) in [4.78, 5) is 13.3. The van der Waals surface area contributed by atoms with Gasteiger partial charge in [0.2, 0.25) is 5.91 Å². The van der Waals surface area contributed by atoms with E-state index < -0.39 is 0 Å². The van der Waals surface area contributed by atoms with Crippen molar-refractivity contribution in [1.82, 2.24) is 5.32 Å². The Morgan fingerprint density at radius 1 is 1.36 bits per heavy atom. The van der Waals surface area contributed by atoms with Crippen molar-refractivity contribution in [3.05, 3.63) is 29.3 Å². The lowest BCUT2D eigenvalue weighted by Gasteiger charge is -2.17. The second-order valence-corrected chi connectivity index (χ2v) is 3.69. The first-order chi connectivity index (χ1) is 6.68. The molecule has 0 aliphatic carbocycles. The van der Waals surface area contributed by atoms with E-state index in [2.05, 4.69) is 23.5 Å². The minimum atomic E-state index is 0.120. The van der Waals surface area contributed by atoms with Crippen LogP contribution in [0.1, 0.15) is 11.1 Å². The summed E-state index contributed by atoms with van der Waals surface area (Å²) in [6.07, 6.45) is 0. The summed E-state index contributed by atoms with van der Waals surface area (Å²) in [5, 5.41) is 3.11. The first kappa shape index (κ1) is 9.21. The third-order valence-electron chi connectivity index (χ3n) is 2.57. The predicted octanol–water partition coefficient (Wildman–Crippen LogP) is 1.06. The molecular weight excluding hydrogens is 176 g/mol. The van der Waals surface area contributed by atoms with E-state index in [1.54, 1.807) is 4.90 Å². The number of likely N-dealkylation sites (N-methyl/N-ethyl adjacent to an activating group) is 1. The Morgan fingerprint density at radius 3 is 2.93 bits per heavy atom. The number of rotatable bonds is 0. The van der Waals surface area contributed by atoms with Gasteiger partial charge < -0.3 is 10.2 Å². The molecule has 1 heterocycles. The maximum absolute atomic E-state index is 11.6. The molecule has 1 amide bonds. The minimum absolute atomic E-state index is 0.120. The molecule has 14 heavy (non-hydrogen) atoms. The fourth-order valence-corrected chi connectivity index (χ4v) is 1.69. The molecule has 0 bridgehead atoms. The number of amides is 1. The molecule has 0 fully saturated rings. The van der Waals surface area contributed by atoms with Crippen LogP contribution < -0.4 is 10.2 Å². The van der Waals surface area contributed by atoms with Crippen molar-refractivity contribution in [2.75, 3.05) is 18.5 Å². The Hall–Kier alpha value is -1.35. The Kier molecular flexibility index (Phi) is 2.25. The van der Waals surface area contributed by atoms with Crippen LogP contribution in [0.2, 0.25) is 0 Å². The number of benzene rings is 1. The topological polar surface area (TPSA) is 32.3 Å². The molecule has 1 aromatic carbocycles. The van der Waals surface area contributed by atoms with E-state index in [0.717, 1.165) is 12.2 Å². The zero-order chi connectivity index (χ0) is 10.1. The normalized spacial score (nSPS) is 16.4. The molecule has 1 N–H and O–H groups in total. The van der Waals surface area contributed by atoms with Gasteiger partial charge in [-0.1, -0.05) is 12.1 Å². The Balaban J connectivity index is 2.49. The number of nitrogens with zero attached hydrogens (tertiary/aromatic N) is 1. The molecule has 1 aromatic rings. The lowest BCUT2D eigenvalue weighted by atomic mass is 10.1. The molecule has 0 spiro atoms. The van der Waals surface area contributed by atoms with Gasteiger partial charge in [-0.25, -0.2) is 0 Å². The van der Waals surface area contributed by atoms with Crippen molar-refractivity contribution in [2.45, 2.75) is 13.5 Å². The zero-order valence-corrected chi connectivity index (χ0v) is 8.50. The van der Waals surface area contributed by atoms with E-state index in [1.807, 2.05) is 14.0 Å². The number of carbonyl (C=O) groups is 1. The number of carbonyl (C=O) groups excluding carboxylic acids is 1. The molecule has 0 saturated heterocycles. The predicted molar refractivity (Wildman–Crippen MR) is 56.3 cm³/mol. The number of fused-ring (bicyclic) bond motifs is 1. The number of hydrogen-bond donors (Lipinski definition) is 1. The van der Waals surface area contributed by atoms with Gasteiger partial charge >= 0.3 is 0 Å². The van der Waals surface area contributed by atoms with Crippen LogP contribution in [0.3, 0.4) is 0 Å². The highest BCUT2D eigenvalue weighted by atomic mass is 16.2. The molecule has 0 unspecified atom stereocenters. The van der Waals surface area contributed by atoms with Crippen molar-refractivity contribution >= 4 is 11.6 Å². The van der Waals surface area contributed by atoms with Gasteiger partial charge in [0.05, 0.1) is 6.54 Å². The van der Waals surface area contributed by atoms with Gasteiger partial charge in [0.25, 0.3) is 0 Å². The molecule has 0 saturated carbocycles. The van der Waals surface area contributed by atoms with Gasteiger partial charge in [-0.15, -0.1) is 0 Å². The summed E-state index contributed by atoms with van der Waals surface area (Å²) in [7, 11) is 1.83. The highest BCUT2D eigenvalue weighted by molar-refractivity contribution is 5.95. The van der Waals surface area contributed by atoms with Gasteiger partial charge in [-0.3, -0.25) is 4.79 Å². The molecule has 2 rings (SSSR count). The van der Waals surface area contributed by atoms with E-state index in [-0.39, 0.29) is 5.91 Å². The third kappa shape index (κ3) is 1.51. The summed E-state index contributed by atoms with van der Waals surface area (Å²) in [6.45, 7) is 3.23. The van der Waals surface area contributed by atoms with Crippen LogP contribution in [-0.2, 0) is 11.3 Å². The van der Waals surface area contributed by atoms with E-state index in [4.69, 9.17) is 0 Å². The van der Waals surface area contributed by atoms with E-state index in [0.29, 0.717) is 6.54 Å². The molecule has 0 aromatic heterocycles. The maximum Gasteiger partial charge on any atom is 0.240 e. The second-order valence-electron chi connectivity index (χ2n) is 3.69. The molecule has 74 valence electrons. The second kappa shape index (κ2) is 3.42. The first-order valence-corrected chi connectivity index (χ1v) is 4.75. The highest BCUT2D eigenvalue weighted by Crippen LogP contribution is 2.22. The summed E-state index contributed by atoms with van der Waals surface area (Å²) in [5.74, 6) is 0.120. The minimum Gasteiger partial charge on any atom is -0.314 e. The smallest absolute Gasteiger partial charge is 0.240 e. The van der Waals surface area contributed by atoms with E-state index in [9.17, 15) is 4.79 Å². The summed E-state index contributed by atoms with van der Waals surface area (Å²) >= 11 is 0. The first-order valence-electron chi connectivity index (χ1n) is 4.75. The lowest BCUT2D eigenvalue weighted by molar-refractivity contribution is -0.117. The van der Waals surface area contributed by atoms with Gasteiger partial charge in [-0.05, 0) is 24.1 Å². The van der Waals surface area contributed by atoms with Crippen molar-refractivity contribution in [1.29, 1.82) is 0 Å². The van der Waals surface area contributed by atoms with Crippen LogP contribution in [0.4, 0.5) is 5.69 Å². The largest absolute Gasteiger partial charge is 0.314 e. The SMILES string of the molecule is Cc1ccc2c(c1)N(C)C(=O)CNC2. The Morgan fingerprint density at radius 2 is 2.14 bits per heavy atom. The molecule has 0 atom stereocenters. The summed E-state index contributed by atoms with van der Waals surface area (Å²) < 4.78 is 0. The van der Waals surface area contributed by atoms with Crippen LogP contribution >= 0.6 is 0 Å². The Labute approximate surface area is 83.7 Å². The molecule has 1 aliphatic heterocycles. The van der Waals surface area contributed by atoms with E-state index >= 15 is 0 Å². The van der Waals surface area contributed by atoms with Crippen LogP contribution in [0, 0.1) is 6.92 Å². The van der Waals surface area contributed by atoms with Crippen LogP contribution in [0.15, 0.2) is 18.2 Å². The highest BCUT2D eigenvalue weighted by Gasteiger charge is 2.17. The average Bonchev–Trinajstić information content (AvgIpc) is 2.30. The van der Waals surface area contributed by atoms with E-state index in [1.165, 1.54) is 11.1 Å². The average molecular weight is 190 g/mol. The quantitative estimate of drug-likeness (QED) is 0.663. The number of hydrogen-bond acceptors (Lipinski definition) is 2. The van der Waals surface area contributed by atoms with Gasteiger partial charge in [0.1, 0.15) is 0 Å². The fraction of sp³-hybridized carbons (Fsp3) is 0.364. The number of anilines is 1. The molecule has 3 heteroatoms. The summed E-state index contributed by atoms with van der Waals surface area (Å²) in [6, 6.07) is 6.21. The Bertz CT molecular complexity index is 374. The maximum atomic E-state index is 11.6. The van der Waals surface area contributed by atoms with Gasteiger partial charge in [-0.2, -0.15) is 0 Å². The van der Waals surface area contributed by atoms with Crippen LogP contribution in [0.5, 0.6) is 0 Å². The third-order valence-corrected chi connectivity index (χ3v) is 2.57. The number of nitrogens with one attached hydrogen (secondary N) is 1. The van der Waals surface area contributed by atoms with Crippen molar-refractivity contribution in [3.8, 4) is 0 Å². The summed E-state index contributed by atoms with van der Waals surface area (Å²) in [5.41, 5.74) is 3.40. The monoisotopic (exact) mass is 190 g/mol. The van der Waals surface area contributed by atoms with Crippen molar-refractivity contribution < 1.29 is 4.79 Å². The molecule has 0 radical (unpaired) electrons. The number of aryl methyl sites for hydroxylation is 1. The van der Waals surface area contributed by atoms with Gasteiger partial charge in [0, 0.05) is 19.3 Å². The van der Waals surface area contributed by atoms with Crippen molar-refractivity contribution in [2.24, 2.45) is 0 Å². The zero-order valence-electron chi connectivity index (χ0n) is 8.50. The van der Waals surface area contributed by atoms with Crippen LogP contribution in [0.25, 0.3) is 0 Å². The van der Waals surface area contributed by atoms with Crippen molar-refractivity contribution in [3.63, 3.8) is 0 Å². The molecule has 1 aliphatic rings.